The van der Waals surface area contributed by atoms with Crippen LogP contribution in [-0.2, 0) is 15.7 Å². The van der Waals surface area contributed by atoms with E-state index in [4.69, 9.17) is 11.4 Å². The van der Waals surface area contributed by atoms with Crippen molar-refractivity contribution in [2.75, 3.05) is 0 Å². The summed E-state index contributed by atoms with van der Waals surface area (Å²) in [5.41, 5.74) is 0.434. The molecule has 0 bridgehead atoms. The first-order valence-corrected chi connectivity index (χ1v) is 7.45. The van der Waals surface area contributed by atoms with E-state index in [2.05, 4.69) is 0 Å². The van der Waals surface area contributed by atoms with Crippen LogP contribution in [0.1, 0.15) is 19.4 Å². The van der Waals surface area contributed by atoms with Crippen molar-refractivity contribution in [3.05, 3.63) is 33.4 Å². The third-order valence-corrected chi connectivity index (χ3v) is 5.22. The molecule has 0 saturated carbocycles. The number of nitriles is 1. The minimum atomic E-state index is -2.79. The molecule has 0 fully saturated rings. The molecule has 90 valence electrons. The summed E-state index contributed by atoms with van der Waals surface area (Å²) in [6.07, 6.45) is 0. The summed E-state index contributed by atoms with van der Waals surface area (Å²) in [4.78, 5) is 21.8. The Bertz CT molecular complexity index is 465. The molecule has 0 heterocycles. The monoisotopic (exact) mass is 347 g/mol. The normalized spacial score (nSPS) is 10.1. The fourth-order valence-corrected chi connectivity index (χ4v) is 3.77. The van der Waals surface area contributed by atoms with E-state index in [-0.39, 0.29) is 0 Å². The van der Waals surface area contributed by atoms with Crippen LogP contribution in [0.25, 0.3) is 0 Å². The van der Waals surface area contributed by atoms with E-state index in [0.29, 0.717) is 9.13 Å². The number of carbonyl (C=O) groups is 2. The van der Waals surface area contributed by atoms with E-state index in [9.17, 15) is 9.59 Å². The third-order valence-electron chi connectivity index (χ3n) is 1.49. The number of benzene rings is 1. The molecule has 1 aromatic carbocycles. The Balaban J connectivity index is 2.99. The Kier molecular flexibility index (Phi) is 4.90. The predicted molar refractivity (Wildman–Crippen MR) is 67.4 cm³/mol. The maximum atomic E-state index is 10.9. The van der Waals surface area contributed by atoms with E-state index in [0.717, 1.165) is 0 Å². The summed E-state index contributed by atoms with van der Waals surface area (Å²) < 4.78 is 10.6. The van der Waals surface area contributed by atoms with Gasteiger partial charge in [-0.2, -0.15) is 0 Å². The molecule has 1 rings (SSSR count). The van der Waals surface area contributed by atoms with Gasteiger partial charge in [0.25, 0.3) is 0 Å². The van der Waals surface area contributed by atoms with Crippen molar-refractivity contribution >= 4 is 32.6 Å². The van der Waals surface area contributed by atoms with Crippen molar-refractivity contribution in [2.45, 2.75) is 13.8 Å². The predicted octanol–water partition coefficient (Wildman–Crippen LogP) is 2.19. The molecule has 1 aromatic rings. The molecular weight excluding hydrogens is 337 g/mol. The Morgan fingerprint density at radius 1 is 1.24 bits per heavy atom. The van der Waals surface area contributed by atoms with Gasteiger partial charge in [-0.1, -0.05) is 0 Å². The molecule has 0 aliphatic heterocycles. The Hall–Kier alpha value is -1.62. The standard InChI is InChI=1S/C11H10INO4/c1-8(14)16-12(17-9(2)15)11-5-3-4-10(6-11)7-13/h3-6H,1-2H3. The van der Waals surface area contributed by atoms with Gasteiger partial charge < -0.3 is 0 Å². The zero-order valence-electron chi connectivity index (χ0n) is 9.27. The second kappa shape index (κ2) is 6.20. The number of halogens is 1. The fourth-order valence-electron chi connectivity index (χ4n) is 0.956. The number of hydrogen-bond donors (Lipinski definition) is 0. The summed E-state index contributed by atoms with van der Waals surface area (Å²) in [7, 11) is 0. The van der Waals surface area contributed by atoms with Crippen molar-refractivity contribution < 1.29 is 15.7 Å². The van der Waals surface area contributed by atoms with Crippen LogP contribution in [0.15, 0.2) is 24.3 Å². The van der Waals surface area contributed by atoms with E-state index in [1.807, 2.05) is 6.07 Å². The molecule has 0 saturated heterocycles. The maximum absolute atomic E-state index is 10.9. The average molecular weight is 347 g/mol. The summed E-state index contributed by atoms with van der Waals surface area (Å²) in [5.74, 6) is -1.00. The minimum absolute atomic E-state index is 0.434. The molecule has 0 aromatic heterocycles. The molecule has 0 spiro atoms. The van der Waals surface area contributed by atoms with Gasteiger partial charge in [-0.15, -0.1) is 0 Å². The van der Waals surface area contributed by atoms with Crippen LogP contribution in [-0.4, -0.2) is 11.9 Å². The van der Waals surface area contributed by atoms with Gasteiger partial charge in [-0.25, -0.2) is 0 Å². The summed E-state index contributed by atoms with van der Waals surface area (Å²) in [5, 5.41) is 8.76. The summed E-state index contributed by atoms with van der Waals surface area (Å²) in [6, 6.07) is 8.50. The van der Waals surface area contributed by atoms with E-state index >= 15 is 0 Å². The molecule has 0 amide bonds. The SMILES string of the molecule is CC(=O)OI(OC(C)=O)c1cccc(C#N)c1. The topological polar surface area (TPSA) is 76.4 Å². The molecule has 0 radical (unpaired) electrons. The molecule has 6 heteroatoms. The molecule has 0 unspecified atom stereocenters. The van der Waals surface area contributed by atoms with E-state index in [1.54, 1.807) is 24.3 Å². The van der Waals surface area contributed by atoms with Crippen molar-refractivity contribution in [2.24, 2.45) is 0 Å². The molecule has 5 nitrogen and oxygen atoms in total. The fraction of sp³-hybridized carbons (Fsp3) is 0.182. The van der Waals surface area contributed by atoms with Crippen LogP contribution >= 0.6 is 20.6 Å². The quantitative estimate of drug-likeness (QED) is 0.784. The second-order valence-corrected chi connectivity index (χ2v) is 6.34. The van der Waals surface area contributed by atoms with Gasteiger partial charge in [0.15, 0.2) is 0 Å². The Labute approximate surface area is 107 Å². The van der Waals surface area contributed by atoms with Gasteiger partial charge in [0.2, 0.25) is 0 Å². The van der Waals surface area contributed by atoms with Crippen LogP contribution < -0.4 is 0 Å². The van der Waals surface area contributed by atoms with Crippen LogP contribution in [0, 0.1) is 14.9 Å². The molecular formula is C11H10INO4. The number of nitrogens with zero attached hydrogens (tertiary/aromatic N) is 1. The number of rotatable bonds is 3. The Morgan fingerprint density at radius 3 is 2.29 bits per heavy atom. The molecule has 0 aliphatic carbocycles. The van der Waals surface area contributed by atoms with Crippen molar-refractivity contribution in [1.82, 2.24) is 0 Å². The van der Waals surface area contributed by atoms with Crippen molar-refractivity contribution in [3.63, 3.8) is 0 Å². The van der Waals surface area contributed by atoms with Crippen LogP contribution in [0.2, 0.25) is 0 Å². The average Bonchev–Trinajstić information content (AvgIpc) is 2.27. The zero-order valence-corrected chi connectivity index (χ0v) is 11.4. The Morgan fingerprint density at radius 2 is 1.82 bits per heavy atom. The van der Waals surface area contributed by atoms with Gasteiger partial charge in [0, 0.05) is 0 Å². The first-order chi connectivity index (χ1) is 8.02. The molecule has 0 atom stereocenters. The number of hydrogen-bond acceptors (Lipinski definition) is 5. The first kappa shape index (κ1) is 13.4. The van der Waals surface area contributed by atoms with Crippen molar-refractivity contribution in [1.29, 1.82) is 5.26 Å². The van der Waals surface area contributed by atoms with Gasteiger partial charge in [-0.3, -0.25) is 0 Å². The molecule has 17 heavy (non-hydrogen) atoms. The number of carbonyl (C=O) groups excluding carboxylic acids is 2. The zero-order chi connectivity index (χ0) is 12.8. The van der Waals surface area contributed by atoms with E-state index in [1.165, 1.54) is 13.8 Å². The van der Waals surface area contributed by atoms with Gasteiger partial charge >= 0.3 is 107 Å². The molecule has 0 aliphatic rings. The second-order valence-electron chi connectivity index (χ2n) is 2.98. The summed E-state index contributed by atoms with van der Waals surface area (Å²) >= 11 is -2.79. The van der Waals surface area contributed by atoms with Crippen molar-refractivity contribution in [3.8, 4) is 6.07 Å². The van der Waals surface area contributed by atoms with Crippen LogP contribution in [0.5, 0.6) is 0 Å². The van der Waals surface area contributed by atoms with Gasteiger partial charge in [0.1, 0.15) is 0 Å². The van der Waals surface area contributed by atoms with Gasteiger partial charge in [0.05, 0.1) is 0 Å². The van der Waals surface area contributed by atoms with E-state index < -0.39 is 32.6 Å². The third kappa shape index (κ3) is 4.40. The summed E-state index contributed by atoms with van der Waals surface area (Å²) in [6.45, 7) is 2.50. The van der Waals surface area contributed by atoms with Crippen LogP contribution in [0.4, 0.5) is 0 Å². The first-order valence-electron chi connectivity index (χ1n) is 4.61. The van der Waals surface area contributed by atoms with Gasteiger partial charge in [-0.05, 0) is 0 Å². The van der Waals surface area contributed by atoms with Crippen LogP contribution in [0.3, 0.4) is 0 Å². The molecule has 0 N–H and O–H groups in total.